The van der Waals surface area contributed by atoms with Gasteiger partial charge in [-0.05, 0) is 19.1 Å². The number of aromatic nitrogens is 3. The van der Waals surface area contributed by atoms with Crippen molar-refractivity contribution in [3.05, 3.63) is 42.1 Å². The lowest BCUT2D eigenvalue weighted by Crippen LogP contribution is -2.12. The van der Waals surface area contributed by atoms with Gasteiger partial charge in [0.25, 0.3) is 0 Å². The van der Waals surface area contributed by atoms with Crippen molar-refractivity contribution in [2.45, 2.75) is 13.5 Å². The zero-order valence-corrected chi connectivity index (χ0v) is 10.9. The fraction of sp³-hybridized carbons (Fsp3) is 0.154. The lowest BCUT2D eigenvalue weighted by atomic mass is 10.2. The molecular weight excluding hydrogens is 256 g/mol. The number of hydrazine groups is 1. The number of nitrogens with one attached hydrogen (secondary N) is 2. The Morgan fingerprint density at radius 2 is 2.10 bits per heavy atom. The van der Waals surface area contributed by atoms with Gasteiger partial charge in [-0.2, -0.15) is 4.98 Å². The van der Waals surface area contributed by atoms with Crippen LogP contribution in [-0.4, -0.2) is 15.0 Å². The normalized spacial score (nSPS) is 10.7. The Hall–Kier alpha value is -2.67. The summed E-state index contributed by atoms with van der Waals surface area (Å²) in [4.78, 5) is 12.7. The van der Waals surface area contributed by atoms with Crippen LogP contribution in [-0.2, 0) is 6.54 Å². The molecule has 0 aliphatic rings. The van der Waals surface area contributed by atoms with Gasteiger partial charge in [-0.3, -0.25) is 5.43 Å². The van der Waals surface area contributed by atoms with Gasteiger partial charge in [0.15, 0.2) is 0 Å². The quantitative estimate of drug-likeness (QED) is 0.491. The van der Waals surface area contributed by atoms with Crippen molar-refractivity contribution >= 4 is 22.7 Å². The van der Waals surface area contributed by atoms with E-state index >= 15 is 0 Å². The number of nitrogens with zero attached hydrogens (tertiary/aromatic N) is 3. The fourth-order valence-corrected chi connectivity index (χ4v) is 1.92. The summed E-state index contributed by atoms with van der Waals surface area (Å²) in [5.41, 5.74) is 3.27. The zero-order valence-electron chi connectivity index (χ0n) is 10.9. The van der Waals surface area contributed by atoms with E-state index in [1.54, 1.807) is 6.20 Å². The van der Waals surface area contributed by atoms with Crippen LogP contribution < -0.4 is 16.6 Å². The predicted molar refractivity (Wildman–Crippen MR) is 75.9 cm³/mol. The van der Waals surface area contributed by atoms with E-state index < -0.39 is 0 Å². The molecule has 2 aromatic heterocycles. The van der Waals surface area contributed by atoms with Crippen LogP contribution in [0.4, 0.5) is 11.8 Å². The highest BCUT2D eigenvalue weighted by Gasteiger charge is 2.08. The maximum Gasteiger partial charge on any atom is 0.239 e. The van der Waals surface area contributed by atoms with Gasteiger partial charge in [-0.25, -0.2) is 15.8 Å². The first-order valence-corrected chi connectivity index (χ1v) is 6.15. The number of para-hydroxylation sites is 1. The van der Waals surface area contributed by atoms with E-state index in [4.69, 9.17) is 10.3 Å². The maximum absolute atomic E-state index is 5.42. The number of nitrogens with two attached hydrogens (primary N) is 1. The second-order valence-electron chi connectivity index (χ2n) is 4.28. The summed E-state index contributed by atoms with van der Waals surface area (Å²) in [6.45, 7) is 2.30. The molecule has 0 aliphatic carbocycles. The number of anilines is 2. The van der Waals surface area contributed by atoms with Crippen molar-refractivity contribution in [2.24, 2.45) is 5.84 Å². The molecule has 0 spiro atoms. The van der Waals surface area contributed by atoms with E-state index in [-0.39, 0.29) is 0 Å². The molecule has 0 amide bonds. The topological polar surface area (TPSA) is 102 Å². The van der Waals surface area contributed by atoms with Crippen LogP contribution in [0.1, 0.15) is 11.7 Å². The first-order valence-electron chi connectivity index (χ1n) is 6.15. The van der Waals surface area contributed by atoms with Crippen molar-refractivity contribution < 1.29 is 4.42 Å². The summed E-state index contributed by atoms with van der Waals surface area (Å²) < 4.78 is 5.42. The molecule has 7 nitrogen and oxygen atoms in total. The third kappa shape index (κ3) is 2.39. The van der Waals surface area contributed by atoms with E-state index in [2.05, 4.69) is 25.7 Å². The predicted octanol–water partition coefficient (Wildman–Crippen LogP) is 1.82. The second-order valence-corrected chi connectivity index (χ2v) is 4.28. The van der Waals surface area contributed by atoms with E-state index in [0.717, 1.165) is 16.7 Å². The molecule has 3 aromatic rings. The van der Waals surface area contributed by atoms with Crippen LogP contribution in [0.5, 0.6) is 0 Å². The smallest absolute Gasteiger partial charge is 0.239 e. The van der Waals surface area contributed by atoms with Crippen molar-refractivity contribution in [1.29, 1.82) is 0 Å². The molecule has 102 valence electrons. The van der Waals surface area contributed by atoms with Gasteiger partial charge in [-0.15, -0.1) is 0 Å². The van der Waals surface area contributed by atoms with Gasteiger partial charge in [0, 0.05) is 5.39 Å². The summed E-state index contributed by atoms with van der Waals surface area (Å²) in [6.07, 6.45) is 1.68. The molecule has 0 fully saturated rings. The van der Waals surface area contributed by atoms with Crippen LogP contribution >= 0.6 is 0 Å². The second kappa shape index (κ2) is 5.14. The molecule has 0 unspecified atom stereocenters. The van der Waals surface area contributed by atoms with Crippen molar-refractivity contribution in [3.8, 4) is 0 Å². The molecule has 0 bridgehead atoms. The monoisotopic (exact) mass is 270 g/mol. The zero-order chi connectivity index (χ0) is 13.9. The van der Waals surface area contributed by atoms with Gasteiger partial charge in [0.1, 0.15) is 11.6 Å². The number of rotatable bonds is 4. The summed E-state index contributed by atoms with van der Waals surface area (Å²) in [5, 5.41) is 4.10. The highest BCUT2D eigenvalue weighted by atomic mass is 16.4. The Balaban J connectivity index is 1.93. The fourth-order valence-electron chi connectivity index (χ4n) is 1.92. The molecule has 1 aromatic carbocycles. The standard InChI is InChI=1S/C13H14N6O/c1-8-6-15-11(20-8)7-16-12-9-4-2-3-5-10(9)17-13(18-12)19-14/h2-6H,7,14H2,1H3,(H2,16,17,18,19). The highest BCUT2D eigenvalue weighted by Crippen LogP contribution is 2.21. The molecule has 0 saturated carbocycles. The van der Waals surface area contributed by atoms with Crippen LogP contribution in [0.25, 0.3) is 10.9 Å². The van der Waals surface area contributed by atoms with Crippen LogP contribution in [0.15, 0.2) is 34.9 Å². The molecule has 0 atom stereocenters. The van der Waals surface area contributed by atoms with Gasteiger partial charge >= 0.3 is 0 Å². The molecule has 0 aliphatic heterocycles. The minimum Gasteiger partial charge on any atom is -0.444 e. The number of aryl methyl sites for hydroxylation is 1. The minimum absolute atomic E-state index is 0.356. The van der Waals surface area contributed by atoms with E-state index in [0.29, 0.717) is 24.2 Å². The molecule has 0 saturated heterocycles. The maximum atomic E-state index is 5.42. The Kier molecular flexibility index (Phi) is 3.18. The molecule has 2 heterocycles. The number of benzene rings is 1. The third-order valence-electron chi connectivity index (χ3n) is 2.81. The number of oxazole rings is 1. The molecular formula is C13H14N6O. The van der Waals surface area contributed by atoms with E-state index in [1.807, 2.05) is 31.2 Å². The largest absolute Gasteiger partial charge is 0.444 e. The van der Waals surface area contributed by atoms with Gasteiger partial charge in [0.2, 0.25) is 11.8 Å². The van der Waals surface area contributed by atoms with E-state index in [1.165, 1.54) is 0 Å². The number of nitrogen functional groups attached to an aromatic ring is 1. The molecule has 7 heteroatoms. The SMILES string of the molecule is Cc1cnc(CNc2nc(NN)nc3ccccc23)o1. The summed E-state index contributed by atoms with van der Waals surface area (Å²) in [7, 11) is 0. The van der Waals surface area contributed by atoms with Gasteiger partial charge < -0.3 is 9.73 Å². The van der Waals surface area contributed by atoms with Crippen molar-refractivity contribution in [3.63, 3.8) is 0 Å². The summed E-state index contributed by atoms with van der Waals surface area (Å²) >= 11 is 0. The molecule has 4 N–H and O–H groups in total. The average molecular weight is 270 g/mol. The molecule has 20 heavy (non-hydrogen) atoms. The first-order chi connectivity index (χ1) is 9.76. The minimum atomic E-state index is 0.356. The Labute approximate surface area is 115 Å². The van der Waals surface area contributed by atoms with Gasteiger partial charge in [0.05, 0.1) is 18.3 Å². The summed E-state index contributed by atoms with van der Waals surface area (Å²) in [5.74, 6) is 7.80. The van der Waals surface area contributed by atoms with Crippen molar-refractivity contribution in [1.82, 2.24) is 15.0 Å². The Bertz CT molecular complexity index is 739. The molecule has 0 radical (unpaired) electrons. The third-order valence-corrected chi connectivity index (χ3v) is 2.81. The number of hydrogen-bond acceptors (Lipinski definition) is 7. The summed E-state index contributed by atoms with van der Waals surface area (Å²) in [6, 6.07) is 7.69. The highest BCUT2D eigenvalue weighted by molar-refractivity contribution is 5.89. The molecule has 3 rings (SSSR count). The van der Waals surface area contributed by atoms with Crippen LogP contribution in [0.3, 0.4) is 0 Å². The van der Waals surface area contributed by atoms with E-state index in [9.17, 15) is 0 Å². The first kappa shape index (κ1) is 12.4. The number of fused-ring (bicyclic) bond motifs is 1. The Morgan fingerprint density at radius 1 is 1.25 bits per heavy atom. The lowest BCUT2D eigenvalue weighted by Gasteiger charge is -2.09. The van der Waals surface area contributed by atoms with Crippen molar-refractivity contribution in [2.75, 3.05) is 10.7 Å². The van der Waals surface area contributed by atoms with Crippen LogP contribution in [0, 0.1) is 6.92 Å². The average Bonchev–Trinajstić information content (AvgIpc) is 2.90. The van der Waals surface area contributed by atoms with Gasteiger partial charge in [-0.1, -0.05) is 12.1 Å². The Morgan fingerprint density at radius 3 is 2.85 bits per heavy atom. The number of hydrogen-bond donors (Lipinski definition) is 3. The van der Waals surface area contributed by atoms with Crippen LogP contribution in [0.2, 0.25) is 0 Å². The lowest BCUT2D eigenvalue weighted by molar-refractivity contribution is 0.479.